The molecular formula is C13H11NOS2. The molecule has 1 aromatic carbocycles. The summed E-state index contributed by atoms with van der Waals surface area (Å²) in [5.74, 6) is 0.0960. The van der Waals surface area contributed by atoms with Crippen LogP contribution < -0.4 is 5.32 Å². The fraction of sp³-hybridized carbons (Fsp3) is 0.154. The molecule has 0 saturated heterocycles. The molecular weight excluding hydrogens is 250 g/mol. The summed E-state index contributed by atoms with van der Waals surface area (Å²) < 4.78 is 0. The van der Waals surface area contributed by atoms with E-state index in [0.717, 1.165) is 10.6 Å². The maximum atomic E-state index is 11.8. The van der Waals surface area contributed by atoms with E-state index in [-0.39, 0.29) is 11.2 Å². The minimum Gasteiger partial charge on any atom is -0.325 e. The zero-order valence-corrected chi connectivity index (χ0v) is 10.7. The lowest BCUT2D eigenvalue weighted by molar-refractivity contribution is -0.116. The summed E-state index contributed by atoms with van der Waals surface area (Å²) in [5, 5.41) is 7.37. The Kier molecular flexibility index (Phi) is 2.91. The van der Waals surface area contributed by atoms with E-state index in [4.69, 9.17) is 0 Å². The number of thioether (sulfide) groups is 1. The van der Waals surface area contributed by atoms with Gasteiger partial charge in [-0.3, -0.25) is 4.79 Å². The molecule has 0 unspecified atom stereocenters. The summed E-state index contributed by atoms with van der Waals surface area (Å²) in [6, 6.07) is 10.1. The van der Waals surface area contributed by atoms with E-state index in [2.05, 4.69) is 28.2 Å². The molecule has 2 heterocycles. The molecule has 2 nitrogen and oxygen atoms in total. The van der Waals surface area contributed by atoms with Gasteiger partial charge in [0, 0.05) is 16.6 Å². The van der Waals surface area contributed by atoms with Crippen LogP contribution in [0.2, 0.25) is 0 Å². The normalized spacial score (nSPS) is 19.3. The van der Waals surface area contributed by atoms with Gasteiger partial charge in [0.1, 0.15) is 0 Å². The van der Waals surface area contributed by atoms with Crippen molar-refractivity contribution < 1.29 is 4.79 Å². The Bertz CT molecular complexity index is 536. The van der Waals surface area contributed by atoms with E-state index in [1.165, 1.54) is 5.56 Å². The van der Waals surface area contributed by atoms with Crippen LogP contribution in [-0.4, -0.2) is 5.91 Å². The van der Waals surface area contributed by atoms with Crippen molar-refractivity contribution in [1.29, 1.82) is 0 Å². The van der Waals surface area contributed by atoms with Gasteiger partial charge >= 0.3 is 0 Å². The van der Waals surface area contributed by atoms with Gasteiger partial charge in [0.25, 0.3) is 0 Å². The van der Waals surface area contributed by atoms with E-state index in [0.29, 0.717) is 6.42 Å². The largest absolute Gasteiger partial charge is 0.325 e. The van der Waals surface area contributed by atoms with Gasteiger partial charge in [0.05, 0.1) is 5.69 Å². The van der Waals surface area contributed by atoms with Gasteiger partial charge in [-0.25, -0.2) is 0 Å². The fourth-order valence-corrected chi connectivity index (χ4v) is 3.91. The van der Waals surface area contributed by atoms with Crippen LogP contribution in [-0.2, 0) is 4.79 Å². The topological polar surface area (TPSA) is 29.1 Å². The van der Waals surface area contributed by atoms with E-state index in [1.807, 2.05) is 18.2 Å². The van der Waals surface area contributed by atoms with Crippen LogP contribution in [0.1, 0.15) is 17.2 Å². The first kappa shape index (κ1) is 10.9. The number of carbonyl (C=O) groups is 1. The third kappa shape index (κ3) is 2.23. The van der Waals surface area contributed by atoms with E-state index in [9.17, 15) is 4.79 Å². The molecule has 1 aliphatic rings. The zero-order valence-electron chi connectivity index (χ0n) is 9.05. The molecule has 0 fully saturated rings. The number of hydrogen-bond acceptors (Lipinski definition) is 3. The molecule has 1 atom stereocenters. The molecule has 0 saturated carbocycles. The number of rotatable bonds is 1. The summed E-state index contributed by atoms with van der Waals surface area (Å²) in [7, 11) is 0. The molecule has 0 spiro atoms. The van der Waals surface area contributed by atoms with Gasteiger partial charge in [-0.1, -0.05) is 12.1 Å². The summed E-state index contributed by atoms with van der Waals surface area (Å²) in [6.07, 6.45) is 0.538. The van der Waals surface area contributed by atoms with Crippen molar-refractivity contribution in [3.05, 3.63) is 46.7 Å². The van der Waals surface area contributed by atoms with Crippen LogP contribution >= 0.6 is 23.1 Å². The van der Waals surface area contributed by atoms with Crippen LogP contribution in [0.15, 0.2) is 46.0 Å². The van der Waals surface area contributed by atoms with Crippen LogP contribution in [0.3, 0.4) is 0 Å². The van der Waals surface area contributed by atoms with Gasteiger partial charge in [-0.05, 0) is 34.5 Å². The average Bonchev–Trinajstić information content (AvgIpc) is 2.79. The second-order valence-corrected chi connectivity index (χ2v) is 5.94. The number of benzene rings is 1. The quantitative estimate of drug-likeness (QED) is 0.843. The number of fused-ring (bicyclic) bond motifs is 1. The van der Waals surface area contributed by atoms with Crippen molar-refractivity contribution in [2.75, 3.05) is 5.32 Å². The molecule has 1 N–H and O–H groups in total. The Balaban J connectivity index is 1.98. The van der Waals surface area contributed by atoms with E-state index in [1.54, 1.807) is 23.1 Å². The molecule has 0 radical (unpaired) electrons. The van der Waals surface area contributed by atoms with Crippen molar-refractivity contribution in [3.8, 4) is 0 Å². The number of nitrogens with one attached hydrogen (secondary N) is 1. The van der Waals surface area contributed by atoms with E-state index >= 15 is 0 Å². The van der Waals surface area contributed by atoms with Crippen LogP contribution in [0, 0.1) is 0 Å². The Labute approximate surface area is 108 Å². The van der Waals surface area contributed by atoms with Gasteiger partial charge < -0.3 is 5.32 Å². The molecule has 0 aliphatic carbocycles. The third-order valence-corrected chi connectivity index (χ3v) is 4.75. The molecule has 1 aliphatic heterocycles. The Morgan fingerprint density at radius 3 is 2.94 bits per heavy atom. The highest BCUT2D eigenvalue weighted by molar-refractivity contribution is 7.99. The Morgan fingerprint density at radius 2 is 2.12 bits per heavy atom. The third-order valence-electron chi connectivity index (χ3n) is 2.72. The van der Waals surface area contributed by atoms with Crippen molar-refractivity contribution in [1.82, 2.24) is 0 Å². The SMILES string of the molecule is O=C1C[C@H](c2ccsc2)Sc2ccccc2N1. The minimum atomic E-state index is 0.0960. The summed E-state index contributed by atoms with van der Waals surface area (Å²) in [4.78, 5) is 13.0. The zero-order chi connectivity index (χ0) is 11.7. The summed E-state index contributed by atoms with van der Waals surface area (Å²) in [5.41, 5.74) is 2.17. The van der Waals surface area contributed by atoms with Gasteiger partial charge in [0.2, 0.25) is 5.91 Å². The molecule has 1 amide bonds. The van der Waals surface area contributed by atoms with Crippen LogP contribution in [0.4, 0.5) is 5.69 Å². The summed E-state index contributed by atoms with van der Waals surface area (Å²) in [6.45, 7) is 0. The average molecular weight is 261 g/mol. The molecule has 3 rings (SSSR count). The molecule has 4 heteroatoms. The van der Waals surface area contributed by atoms with E-state index < -0.39 is 0 Å². The maximum Gasteiger partial charge on any atom is 0.225 e. The molecule has 17 heavy (non-hydrogen) atoms. The Hall–Kier alpha value is -1.26. The van der Waals surface area contributed by atoms with Gasteiger partial charge in [0.15, 0.2) is 0 Å². The number of thiophene rings is 1. The minimum absolute atomic E-state index is 0.0960. The van der Waals surface area contributed by atoms with Crippen LogP contribution in [0.25, 0.3) is 0 Å². The lowest BCUT2D eigenvalue weighted by Gasteiger charge is -2.10. The number of carbonyl (C=O) groups excluding carboxylic acids is 1. The molecule has 86 valence electrons. The predicted octanol–water partition coefficient (Wildman–Crippen LogP) is 3.92. The number of hydrogen-bond donors (Lipinski definition) is 1. The molecule has 0 bridgehead atoms. The highest BCUT2D eigenvalue weighted by Gasteiger charge is 2.23. The first-order valence-corrected chi connectivity index (χ1v) is 7.23. The van der Waals surface area contributed by atoms with Crippen molar-refractivity contribution >= 4 is 34.7 Å². The molecule has 1 aromatic heterocycles. The highest BCUT2D eigenvalue weighted by atomic mass is 32.2. The summed E-state index contributed by atoms with van der Waals surface area (Å²) >= 11 is 3.44. The number of anilines is 1. The second-order valence-electron chi connectivity index (χ2n) is 3.91. The maximum absolute atomic E-state index is 11.8. The smallest absolute Gasteiger partial charge is 0.225 e. The standard InChI is InChI=1S/C13H11NOS2/c15-13-7-12(9-5-6-16-8-9)17-11-4-2-1-3-10(11)14-13/h1-6,8,12H,7H2,(H,14,15)/t12-/m1/s1. The predicted molar refractivity (Wildman–Crippen MR) is 72.6 cm³/mol. The van der Waals surface area contributed by atoms with Crippen molar-refractivity contribution in [3.63, 3.8) is 0 Å². The first-order chi connectivity index (χ1) is 8.33. The Morgan fingerprint density at radius 1 is 1.24 bits per heavy atom. The lowest BCUT2D eigenvalue weighted by Crippen LogP contribution is -2.11. The number of para-hydroxylation sites is 1. The van der Waals surface area contributed by atoms with Gasteiger partial charge in [-0.15, -0.1) is 11.8 Å². The highest BCUT2D eigenvalue weighted by Crippen LogP contribution is 2.43. The van der Waals surface area contributed by atoms with Crippen molar-refractivity contribution in [2.24, 2.45) is 0 Å². The monoisotopic (exact) mass is 261 g/mol. The second kappa shape index (κ2) is 4.55. The van der Waals surface area contributed by atoms with Gasteiger partial charge in [-0.2, -0.15) is 11.3 Å². The number of amides is 1. The van der Waals surface area contributed by atoms with Crippen LogP contribution in [0.5, 0.6) is 0 Å². The lowest BCUT2D eigenvalue weighted by atomic mass is 10.2. The molecule has 2 aromatic rings. The fourth-order valence-electron chi connectivity index (χ4n) is 1.88. The first-order valence-electron chi connectivity index (χ1n) is 5.40. The van der Waals surface area contributed by atoms with Crippen molar-refractivity contribution in [2.45, 2.75) is 16.6 Å².